The van der Waals surface area contributed by atoms with Crippen LogP contribution in [0.25, 0.3) is 0 Å². The predicted octanol–water partition coefficient (Wildman–Crippen LogP) is 4.72. The fraction of sp³-hybridized carbons (Fsp3) is 0.280. The second-order valence-electron chi connectivity index (χ2n) is 7.45. The quantitative estimate of drug-likeness (QED) is 0.600. The highest BCUT2D eigenvalue weighted by atomic mass is 31.1. The van der Waals surface area contributed by atoms with E-state index in [-0.39, 0.29) is 6.29 Å². The van der Waals surface area contributed by atoms with Gasteiger partial charge in [0, 0.05) is 5.56 Å². The molecule has 3 heteroatoms. The van der Waals surface area contributed by atoms with Gasteiger partial charge < -0.3 is 9.47 Å². The molecule has 0 amide bonds. The molecule has 1 heterocycles. The number of benzene rings is 3. The van der Waals surface area contributed by atoms with Crippen molar-refractivity contribution < 1.29 is 9.47 Å². The molecule has 1 aliphatic heterocycles. The van der Waals surface area contributed by atoms with Crippen LogP contribution in [0, 0.1) is 27.7 Å². The fourth-order valence-corrected chi connectivity index (χ4v) is 7.19. The summed E-state index contributed by atoms with van der Waals surface area (Å²) in [5.74, 6) is 0. The number of hydrogen-bond donors (Lipinski definition) is 0. The molecule has 1 saturated heterocycles. The molecule has 3 aromatic carbocycles. The van der Waals surface area contributed by atoms with E-state index in [1.54, 1.807) is 0 Å². The smallest absolute Gasteiger partial charge is 0.184 e. The van der Waals surface area contributed by atoms with Gasteiger partial charge in [-0.2, -0.15) is 0 Å². The summed E-state index contributed by atoms with van der Waals surface area (Å²) in [6.07, 6.45) is -0.269. The van der Waals surface area contributed by atoms with E-state index in [4.69, 9.17) is 9.47 Å². The summed E-state index contributed by atoms with van der Waals surface area (Å²) in [4.78, 5) is 0. The summed E-state index contributed by atoms with van der Waals surface area (Å²) < 4.78 is 11.8. The molecule has 1 aliphatic rings. The maximum Gasteiger partial charge on any atom is 0.184 e. The van der Waals surface area contributed by atoms with Gasteiger partial charge in [-0.15, -0.1) is 0 Å². The minimum atomic E-state index is -0.726. The van der Waals surface area contributed by atoms with Crippen molar-refractivity contribution in [2.45, 2.75) is 34.0 Å². The van der Waals surface area contributed by atoms with Crippen LogP contribution in [0.4, 0.5) is 0 Å². The first-order valence-corrected chi connectivity index (χ1v) is 11.2. The van der Waals surface area contributed by atoms with Crippen LogP contribution >= 0.6 is 7.92 Å². The summed E-state index contributed by atoms with van der Waals surface area (Å²) in [6.45, 7) is 10.2. The number of rotatable bonds is 4. The Balaban J connectivity index is 2.01. The number of aryl methyl sites for hydroxylation is 4. The van der Waals surface area contributed by atoms with Crippen LogP contribution in [0.15, 0.2) is 60.7 Å². The van der Waals surface area contributed by atoms with Gasteiger partial charge in [0.1, 0.15) is 0 Å². The Morgan fingerprint density at radius 3 is 1.61 bits per heavy atom. The second kappa shape index (κ2) is 8.17. The van der Waals surface area contributed by atoms with E-state index in [1.165, 1.54) is 38.2 Å². The maximum absolute atomic E-state index is 5.91. The van der Waals surface area contributed by atoms with Crippen LogP contribution in [-0.4, -0.2) is 13.2 Å². The Kier molecular flexibility index (Phi) is 5.64. The molecular formula is C25H27O2P. The van der Waals surface area contributed by atoms with Gasteiger partial charge in [-0.1, -0.05) is 60.7 Å². The van der Waals surface area contributed by atoms with Crippen LogP contribution < -0.4 is 15.9 Å². The van der Waals surface area contributed by atoms with E-state index < -0.39 is 7.92 Å². The normalized spacial score (nSPS) is 14.8. The number of hydrogen-bond acceptors (Lipinski definition) is 2. The Hall–Kier alpha value is -1.99. The zero-order valence-corrected chi connectivity index (χ0v) is 17.9. The van der Waals surface area contributed by atoms with E-state index >= 15 is 0 Å². The van der Waals surface area contributed by atoms with Crippen LogP contribution in [0.1, 0.15) is 34.1 Å². The Labute approximate surface area is 169 Å². The monoisotopic (exact) mass is 390 g/mol. The highest BCUT2D eigenvalue weighted by Gasteiger charge is 2.29. The van der Waals surface area contributed by atoms with Crippen molar-refractivity contribution in [3.05, 3.63) is 88.5 Å². The van der Waals surface area contributed by atoms with Crippen molar-refractivity contribution >= 4 is 23.8 Å². The van der Waals surface area contributed by atoms with E-state index in [1.807, 2.05) is 0 Å². The van der Waals surface area contributed by atoms with Crippen molar-refractivity contribution in [1.29, 1.82) is 0 Å². The lowest BCUT2D eigenvalue weighted by molar-refractivity contribution is -0.0433. The molecule has 0 radical (unpaired) electrons. The van der Waals surface area contributed by atoms with Gasteiger partial charge in [0.25, 0.3) is 0 Å². The van der Waals surface area contributed by atoms with Gasteiger partial charge in [0.2, 0.25) is 0 Å². The van der Waals surface area contributed by atoms with E-state index in [9.17, 15) is 0 Å². The highest BCUT2D eigenvalue weighted by molar-refractivity contribution is 7.80. The summed E-state index contributed by atoms with van der Waals surface area (Å²) in [6, 6.07) is 21.9. The fourth-order valence-electron chi connectivity index (χ4n) is 4.10. The third kappa shape index (κ3) is 3.53. The van der Waals surface area contributed by atoms with Crippen molar-refractivity contribution in [3.63, 3.8) is 0 Å². The second-order valence-corrected chi connectivity index (χ2v) is 9.50. The minimum absolute atomic E-state index is 0.269. The molecule has 0 N–H and O–H groups in total. The van der Waals surface area contributed by atoms with Crippen LogP contribution in [0.5, 0.6) is 0 Å². The van der Waals surface area contributed by atoms with Gasteiger partial charge >= 0.3 is 0 Å². The minimum Gasteiger partial charge on any atom is -0.346 e. The van der Waals surface area contributed by atoms with Crippen molar-refractivity contribution in [1.82, 2.24) is 0 Å². The average molecular weight is 390 g/mol. The molecular weight excluding hydrogens is 363 g/mol. The average Bonchev–Trinajstić information content (AvgIpc) is 3.21. The third-order valence-electron chi connectivity index (χ3n) is 5.38. The van der Waals surface area contributed by atoms with Gasteiger partial charge in [0.15, 0.2) is 6.29 Å². The molecule has 28 heavy (non-hydrogen) atoms. The topological polar surface area (TPSA) is 18.5 Å². The van der Waals surface area contributed by atoms with Crippen molar-refractivity contribution in [2.24, 2.45) is 0 Å². The molecule has 144 valence electrons. The molecule has 2 nitrogen and oxygen atoms in total. The van der Waals surface area contributed by atoms with Crippen LogP contribution in [0.3, 0.4) is 0 Å². The zero-order chi connectivity index (χ0) is 19.7. The lowest BCUT2D eigenvalue weighted by Gasteiger charge is -2.29. The van der Waals surface area contributed by atoms with Crippen LogP contribution in [-0.2, 0) is 9.47 Å². The lowest BCUT2D eigenvalue weighted by atomic mass is 10.1. The van der Waals surface area contributed by atoms with Gasteiger partial charge in [-0.25, -0.2) is 0 Å². The van der Waals surface area contributed by atoms with Crippen molar-refractivity contribution in [3.8, 4) is 0 Å². The molecule has 0 aliphatic carbocycles. The first-order chi connectivity index (χ1) is 13.6. The molecule has 0 spiro atoms. The maximum atomic E-state index is 5.91. The molecule has 1 fully saturated rings. The Bertz CT molecular complexity index is 898. The third-order valence-corrected chi connectivity index (χ3v) is 8.57. The summed E-state index contributed by atoms with van der Waals surface area (Å²) in [5, 5.41) is 4.22. The molecule has 3 aromatic rings. The van der Waals surface area contributed by atoms with Crippen molar-refractivity contribution in [2.75, 3.05) is 13.2 Å². The predicted molar refractivity (Wildman–Crippen MR) is 119 cm³/mol. The van der Waals surface area contributed by atoms with E-state index in [2.05, 4.69) is 88.4 Å². The van der Waals surface area contributed by atoms with Gasteiger partial charge in [-0.05, 0) is 73.8 Å². The van der Waals surface area contributed by atoms with Gasteiger partial charge in [-0.3, -0.25) is 0 Å². The molecule has 0 aromatic heterocycles. The molecule has 0 saturated carbocycles. The first kappa shape index (κ1) is 19.3. The van der Waals surface area contributed by atoms with Gasteiger partial charge in [0.05, 0.1) is 13.2 Å². The van der Waals surface area contributed by atoms with Crippen LogP contribution in [0.2, 0.25) is 0 Å². The Morgan fingerprint density at radius 2 is 1.11 bits per heavy atom. The Morgan fingerprint density at radius 1 is 0.643 bits per heavy atom. The molecule has 4 rings (SSSR count). The standard InChI is InChI=1S/C25H27O2P/c1-17-9-7-10-18(2)23(17)28(24-19(3)11-8-12-20(24)4)22-14-6-5-13-21(22)25-26-15-16-27-25/h5-14,25H,15-16H2,1-4H3. The number of ether oxygens (including phenoxy) is 2. The summed E-state index contributed by atoms with van der Waals surface area (Å²) >= 11 is 0. The highest BCUT2D eigenvalue weighted by Crippen LogP contribution is 2.40. The summed E-state index contributed by atoms with van der Waals surface area (Å²) in [7, 11) is -0.726. The van der Waals surface area contributed by atoms with E-state index in [0.29, 0.717) is 13.2 Å². The first-order valence-electron chi connectivity index (χ1n) is 9.82. The molecule has 0 bridgehead atoms. The summed E-state index contributed by atoms with van der Waals surface area (Å²) in [5.41, 5.74) is 6.54. The molecule has 0 unspecified atom stereocenters. The van der Waals surface area contributed by atoms with E-state index in [0.717, 1.165) is 5.56 Å². The molecule has 0 atom stereocenters. The zero-order valence-electron chi connectivity index (χ0n) is 17.0. The largest absolute Gasteiger partial charge is 0.346 e. The SMILES string of the molecule is Cc1cccc(C)c1P(c1ccccc1C1OCCO1)c1c(C)cccc1C. The lowest BCUT2D eigenvalue weighted by Crippen LogP contribution is -2.30.